The molecule has 0 amide bonds. The summed E-state index contributed by atoms with van der Waals surface area (Å²) in [7, 11) is 0. The molecule has 1 aliphatic carbocycles. The van der Waals surface area contributed by atoms with Gasteiger partial charge in [0.05, 0.1) is 16.4 Å². The molecule has 0 unspecified atom stereocenters. The molecule has 2 aliphatic rings. The molecule has 4 nitrogen and oxygen atoms in total. The molecule has 1 aliphatic heterocycles. The van der Waals surface area contributed by atoms with Gasteiger partial charge in [-0.05, 0) is 56.3 Å². The Morgan fingerprint density at radius 2 is 1.61 bits per heavy atom. The summed E-state index contributed by atoms with van der Waals surface area (Å²) in [4.78, 5) is 23.0. The number of nitrogens with zero attached hydrogens (tertiary/aromatic N) is 2. The molecule has 4 heteroatoms. The van der Waals surface area contributed by atoms with Crippen LogP contribution in [-0.2, 0) is 0 Å². The van der Waals surface area contributed by atoms with Crippen LogP contribution >= 0.6 is 0 Å². The fourth-order valence-electron chi connectivity index (χ4n) is 4.46. The highest BCUT2D eigenvalue weighted by atomic mass is 16.3. The average molecular weight is 406 g/mol. The smallest absolute Gasteiger partial charge is 0.194 e. The summed E-state index contributed by atoms with van der Waals surface area (Å²) in [5, 5.41) is 15.0. The molecule has 3 aromatic carbocycles. The van der Waals surface area contributed by atoms with E-state index >= 15 is 0 Å². The summed E-state index contributed by atoms with van der Waals surface area (Å²) in [5.74, 6) is 0.129. The van der Waals surface area contributed by atoms with Gasteiger partial charge in [-0.2, -0.15) is 0 Å². The van der Waals surface area contributed by atoms with Crippen LogP contribution in [0.4, 0.5) is 5.69 Å². The number of hydrogen-bond acceptors (Lipinski definition) is 4. The number of aryl methyl sites for hydroxylation is 3. The lowest BCUT2D eigenvalue weighted by Crippen LogP contribution is -2.33. The molecule has 1 heterocycles. The van der Waals surface area contributed by atoms with Gasteiger partial charge < -0.3 is 5.11 Å². The van der Waals surface area contributed by atoms with E-state index in [2.05, 4.69) is 6.07 Å². The van der Waals surface area contributed by atoms with E-state index in [0.29, 0.717) is 21.5 Å². The zero-order chi connectivity index (χ0) is 21.9. The van der Waals surface area contributed by atoms with Gasteiger partial charge in [0.1, 0.15) is 5.76 Å². The summed E-state index contributed by atoms with van der Waals surface area (Å²) in [6.07, 6.45) is 0. The van der Waals surface area contributed by atoms with Crippen molar-refractivity contribution < 1.29 is 5.11 Å². The van der Waals surface area contributed by atoms with Crippen molar-refractivity contribution in [2.75, 3.05) is 0 Å². The van der Waals surface area contributed by atoms with E-state index in [1.807, 2.05) is 69.3 Å². The standard InChI is InChI=1S/C27H22N2O2/c1-14-9-12-21(16(3)13-14)28-27-22(17(4)30)23-18-7-5-6-8-19(18)26(31)20-11-10-15(2)25(29-27)24(20)23/h5-13,30H,1-4H3. The summed E-state index contributed by atoms with van der Waals surface area (Å²) >= 11 is 0. The van der Waals surface area contributed by atoms with Crippen molar-refractivity contribution in [1.82, 2.24) is 4.98 Å². The Kier molecular flexibility index (Phi) is 4.26. The highest BCUT2D eigenvalue weighted by Gasteiger charge is 2.14. The summed E-state index contributed by atoms with van der Waals surface area (Å²) in [5.41, 5.74) is 5.15. The van der Waals surface area contributed by atoms with Crippen LogP contribution in [0.1, 0.15) is 23.6 Å². The Morgan fingerprint density at radius 3 is 2.32 bits per heavy atom. The normalized spacial score (nSPS) is 13.5. The van der Waals surface area contributed by atoms with Crippen molar-refractivity contribution in [3.8, 4) is 0 Å². The zero-order valence-corrected chi connectivity index (χ0v) is 17.9. The minimum atomic E-state index is -0.0180. The second-order valence-corrected chi connectivity index (χ2v) is 8.20. The molecule has 1 N–H and O–H groups in total. The van der Waals surface area contributed by atoms with Crippen molar-refractivity contribution in [1.29, 1.82) is 0 Å². The van der Waals surface area contributed by atoms with Crippen LogP contribution in [0.25, 0.3) is 27.4 Å². The number of rotatable bonds is 1. The molecule has 0 spiro atoms. The Labute approximate surface area is 178 Å². The predicted molar refractivity (Wildman–Crippen MR) is 125 cm³/mol. The molecular weight excluding hydrogens is 384 g/mol. The molecule has 0 aromatic heterocycles. The van der Waals surface area contributed by atoms with E-state index in [9.17, 15) is 9.90 Å². The van der Waals surface area contributed by atoms with Gasteiger partial charge in [0.15, 0.2) is 10.9 Å². The summed E-state index contributed by atoms with van der Waals surface area (Å²) in [6.45, 7) is 7.69. The lowest BCUT2D eigenvalue weighted by molar-refractivity contribution is 0.497. The lowest BCUT2D eigenvalue weighted by atomic mass is 9.97. The number of benzene rings is 3. The Balaban J connectivity index is 2.18. The van der Waals surface area contributed by atoms with Gasteiger partial charge in [-0.15, -0.1) is 0 Å². The van der Waals surface area contributed by atoms with E-state index in [1.165, 1.54) is 0 Å². The SMILES string of the molecule is CC(O)=c1c(=Nc2ccc(C)cc2C)nc2c(C)ccc3c2=c1c1ccccc1c3=O. The van der Waals surface area contributed by atoms with Gasteiger partial charge >= 0.3 is 0 Å². The Bertz CT molecular complexity index is 1750. The number of aromatic nitrogens is 1. The molecule has 152 valence electrons. The maximum Gasteiger partial charge on any atom is 0.194 e. The number of hydrogen-bond donors (Lipinski definition) is 1. The van der Waals surface area contributed by atoms with E-state index in [0.717, 1.165) is 43.7 Å². The van der Waals surface area contributed by atoms with Crippen LogP contribution in [0, 0.1) is 31.2 Å². The number of fused-ring (bicyclic) bond motifs is 2. The lowest BCUT2D eigenvalue weighted by Gasteiger charge is -2.10. The molecule has 0 radical (unpaired) electrons. The van der Waals surface area contributed by atoms with Crippen molar-refractivity contribution in [3.63, 3.8) is 0 Å². The van der Waals surface area contributed by atoms with Gasteiger partial charge in [-0.3, -0.25) is 4.79 Å². The van der Waals surface area contributed by atoms with E-state index in [4.69, 9.17) is 9.98 Å². The summed E-state index contributed by atoms with van der Waals surface area (Å²) < 4.78 is 0. The van der Waals surface area contributed by atoms with Crippen LogP contribution < -0.4 is 16.1 Å². The van der Waals surface area contributed by atoms with Gasteiger partial charge in [-0.25, -0.2) is 9.98 Å². The maximum absolute atomic E-state index is 13.2. The second kappa shape index (κ2) is 6.88. The first kappa shape index (κ1) is 19.2. The highest BCUT2D eigenvalue weighted by molar-refractivity contribution is 5.90. The Morgan fingerprint density at radius 1 is 0.871 bits per heavy atom. The molecule has 0 bridgehead atoms. The molecule has 0 saturated heterocycles. The highest BCUT2D eigenvalue weighted by Crippen LogP contribution is 2.21. The maximum atomic E-state index is 13.2. The quantitative estimate of drug-likeness (QED) is 0.447. The van der Waals surface area contributed by atoms with Crippen molar-refractivity contribution in [2.45, 2.75) is 27.7 Å². The minimum absolute atomic E-state index is 0.0180. The zero-order valence-electron chi connectivity index (χ0n) is 17.9. The monoisotopic (exact) mass is 406 g/mol. The molecule has 0 saturated carbocycles. The molecule has 31 heavy (non-hydrogen) atoms. The van der Waals surface area contributed by atoms with Crippen LogP contribution in [0.15, 0.2) is 64.4 Å². The molecule has 5 rings (SSSR count). The third-order valence-electron chi connectivity index (χ3n) is 5.95. The third kappa shape index (κ3) is 2.87. The van der Waals surface area contributed by atoms with Gasteiger partial charge in [0.25, 0.3) is 0 Å². The van der Waals surface area contributed by atoms with E-state index < -0.39 is 0 Å². The van der Waals surface area contributed by atoms with Crippen LogP contribution in [0.5, 0.6) is 0 Å². The first-order chi connectivity index (χ1) is 14.9. The van der Waals surface area contributed by atoms with Crippen LogP contribution in [0.3, 0.4) is 0 Å². The molecule has 3 aromatic rings. The van der Waals surface area contributed by atoms with Gasteiger partial charge in [0.2, 0.25) is 0 Å². The second-order valence-electron chi connectivity index (χ2n) is 8.20. The number of aliphatic hydroxyl groups is 1. The van der Waals surface area contributed by atoms with Crippen molar-refractivity contribution >= 4 is 33.1 Å². The largest absolute Gasteiger partial charge is 0.512 e. The topological polar surface area (TPSA) is 62.6 Å². The molecule has 0 fully saturated rings. The summed E-state index contributed by atoms with van der Waals surface area (Å²) in [6, 6.07) is 17.4. The first-order valence-corrected chi connectivity index (χ1v) is 10.3. The fourth-order valence-corrected chi connectivity index (χ4v) is 4.46. The molecular formula is C27H22N2O2. The van der Waals surface area contributed by atoms with Gasteiger partial charge in [0, 0.05) is 21.2 Å². The number of aliphatic hydroxyl groups excluding tert-OH is 1. The predicted octanol–water partition coefficient (Wildman–Crippen LogP) is 4.47. The average Bonchev–Trinajstić information content (AvgIpc) is 2.74. The first-order valence-electron chi connectivity index (χ1n) is 10.3. The minimum Gasteiger partial charge on any atom is -0.512 e. The van der Waals surface area contributed by atoms with Crippen molar-refractivity contribution in [2.24, 2.45) is 4.99 Å². The van der Waals surface area contributed by atoms with Crippen molar-refractivity contribution in [3.05, 3.63) is 103 Å². The fraction of sp³-hybridized carbons (Fsp3) is 0.148. The van der Waals surface area contributed by atoms with Crippen LogP contribution in [-0.4, -0.2) is 10.1 Å². The third-order valence-corrected chi connectivity index (χ3v) is 5.95. The van der Waals surface area contributed by atoms with Gasteiger partial charge in [-0.1, -0.05) is 48.0 Å². The van der Waals surface area contributed by atoms with Crippen LogP contribution in [0.2, 0.25) is 0 Å². The van der Waals surface area contributed by atoms with E-state index in [1.54, 1.807) is 6.92 Å². The van der Waals surface area contributed by atoms with E-state index in [-0.39, 0.29) is 11.2 Å². The molecule has 0 atom stereocenters. The Hall–Kier alpha value is -3.79.